The van der Waals surface area contributed by atoms with E-state index in [-0.39, 0.29) is 30.0 Å². The molecule has 2 aromatic rings. The van der Waals surface area contributed by atoms with Crippen LogP contribution in [0.15, 0.2) is 39.2 Å². The number of rotatable bonds is 4. The molecular formula is C17H14F3N5O2S2. The second-order valence-electron chi connectivity index (χ2n) is 5.87. The Morgan fingerprint density at radius 3 is 2.79 bits per heavy atom. The topological polar surface area (TPSA) is 94.5 Å². The van der Waals surface area contributed by atoms with E-state index in [1.807, 2.05) is 0 Å². The number of fused-ring (bicyclic) bond motifs is 1. The number of anilines is 1. The van der Waals surface area contributed by atoms with Gasteiger partial charge in [-0.15, -0.1) is 0 Å². The Balaban J connectivity index is 1.80. The Hall–Kier alpha value is -2.49. The molecule has 0 radical (unpaired) electrons. The summed E-state index contributed by atoms with van der Waals surface area (Å²) in [6.45, 7) is -0.167. The second kappa shape index (κ2) is 8.48. The molecule has 0 fully saturated rings. The highest BCUT2D eigenvalue weighted by atomic mass is 32.2. The Morgan fingerprint density at radius 1 is 1.38 bits per heavy atom. The summed E-state index contributed by atoms with van der Waals surface area (Å²) in [5.74, 6) is 0.214. The Morgan fingerprint density at radius 2 is 2.14 bits per heavy atom. The molecule has 7 nitrogen and oxygen atoms in total. The van der Waals surface area contributed by atoms with E-state index in [9.17, 15) is 23.2 Å². The van der Waals surface area contributed by atoms with Gasteiger partial charge in [0.25, 0.3) is 5.56 Å². The van der Waals surface area contributed by atoms with Crippen LogP contribution < -0.4 is 10.6 Å². The average Bonchev–Trinajstić information content (AvgIpc) is 2.68. The van der Waals surface area contributed by atoms with Crippen LogP contribution >= 0.6 is 23.5 Å². The summed E-state index contributed by atoms with van der Waals surface area (Å²) >= 11 is 2.33. The largest absolute Gasteiger partial charge is 0.416 e. The molecule has 0 saturated carbocycles. The summed E-state index contributed by atoms with van der Waals surface area (Å²) < 4.78 is 40.1. The van der Waals surface area contributed by atoms with Crippen LogP contribution in [0.3, 0.4) is 0 Å². The number of nitrogens with zero attached hydrogens (tertiary/aromatic N) is 5. The number of hydrazone groups is 1. The van der Waals surface area contributed by atoms with Gasteiger partial charge < -0.3 is 5.11 Å². The normalized spacial score (nSPS) is 13.7. The molecule has 29 heavy (non-hydrogen) atoms. The van der Waals surface area contributed by atoms with Gasteiger partial charge in [-0.3, -0.25) is 9.80 Å². The fourth-order valence-corrected chi connectivity index (χ4v) is 4.70. The molecule has 1 aliphatic rings. The molecule has 3 rings (SSSR count). The summed E-state index contributed by atoms with van der Waals surface area (Å²) in [5, 5.41) is 28.1. The van der Waals surface area contributed by atoms with Gasteiger partial charge in [-0.25, -0.2) is 4.68 Å². The third kappa shape index (κ3) is 4.58. The lowest BCUT2D eigenvalue weighted by Crippen LogP contribution is -2.30. The van der Waals surface area contributed by atoms with Gasteiger partial charge in [0.15, 0.2) is 4.38 Å². The number of halogens is 3. The monoisotopic (exact) mass is 441 g/mol. The molecule has 0 aliphatic carbocycles. The van der Waals surface area contributed by atoms with Crippen molar-refractivity contribution in [2.75, 3.05) is 18.7 Å². The maximum atomic E-state index is 12.8. The highest BCUT2D eigenvalue weighted by Crippen LogP contribution is 2.37. The first-order valence-corrected chi connectivity index (χ1v) is 9.99. The van der Waals surface area contributed by atoms with Gasteiger partial charge in [0.05, 0.1) is 42.2 Å². The van der Waals surface area contributed by atoms with Crippen molar-refractivity contribution in [3.8, 4) is 6.07 Å². The number of aromatic nitrogens is 2. The molecule has 0 amide bonds. The smallest absolute Gasteiger partial charge is 0.394 e. The van der Waals surface area contributed by atoms with Crippen LogP contribution in [0.4, 0.5) is 18.9 Å². The number of aliphatic hydroxyl groups excluding tert-OH is 1. The fraction of sp³-hybridized carbons (Fsp3) is 0.294. The first-order chi connectivity index (χ1) is 13.7. The number of benzene rings is 1. The maximum Gasteiger partial charge on any atom is 0.416 e. The molecule has 0 atom stereocenters. The lowest BCUT2D eigenvalue weighted by atomic mass is 10.1. The molecule has 2 heterocycles. The Bertz CT molecular complexity index is 1060. The van der Waals surface area contributed by atoms with Crippen molar-refractivity contribution in [2.24, 2.45) is 5.10 Å². The predicted octanol–water partition coefficient (Wildman–Crippen LogP) is 2.87. The third-order valence-electron chi connectivity index (χ3n) is 3.97. The molecule has 0 spiro atoms. The molecule has 12 heteroatoms. The summed E-state index contributed by atoms with van der Waals surface area (Å²) in [6.07, 6.45) is -3.04. The van der Waals surface area contributed by atoms with Crippen molar-refractivity contribution in [3.05, 3.63) is 51.4 Å². The van der Waals surface area contributed by atoms with E-state index in [1.54, 1.807) is 13.1 Å². The van der Waals surface area contributed by atoms with Crippen molar-refractivity contribution < 1.29 is 18.3 Å². The molecule has 1 aliphatic heterocycles. The quantitative estimate of drug-likeness (QED) is 0.780. The first-order valence-electron chi connectivity index (χ1n) is 8.18. The van der Waals surface area contributed by atoms with Crippen LogP contribution in [0, 0.1) is 11.3 Å². The third-order valence-corrected chi connectivity index (χ3v) is 6.20. The lowest BCUT2D eigenvalue weighted by molar-refractivity contribution is -0.137. The molecule has 152 valence electrons. The van der Waals surface area contributed by atoms with E-state index in [2.05, 4.69) is 10.2 Å². The molecule has 0 unspecified atom stereocenters. The zero-order valence-electron chi connectivity index (χ0n) is 15.0. The van der Waals surface area contributed by atoms with Gasteiger partial charge in [0.1, 0.15) is 4.90 Å². The highest BCUT2D eigenvalue weighted by molar-refractivity contribution is 8.38. The van der Waals surface area contributed by atoms with Crippen LogP contribution in [0.25, 0.3) is 0 Å². The van der Waals surface area contributed by atoms with Crippen LogP contribution in [-0.2, 0) is 18.5 Å². The van der Waals surface area contributed by atoms with Gasteiger partial charge in [0.2, 0.25) is 0 Å². The van der Waals surface area contributed by atoms with Crippen molar-refractivity contribution in [3.63, 3.8) is 0 Å². The Kier molecular flexibility index (Phi) is 6.21. The zero-order valence-corrected chi connectivity index (χ0v) is 16.6. The lowest BCUT2D eigenvalue weighted by Gasteiger charge is -2.23. The summed E-state index contributed by atoms with van der Waals surface area (Å²) in [6, 6.07) is 4.83. The number of thioether (sulfide) groups is 2. The van der Waals surface area contributed by atoms with Crippen molar-refractivity contribution >= 4 is 33.6 Å². The van der Waals surface area contributed by atoms with Crippen LogP contribution in [0.5, 0.6) is 0 Å². The van der Waals surface area contributed by atoms with E-state index in [4.69, 9.17) is 5.11 Å². The summed E-state index contributed by atoms with van der Waals surface area (Å²) in [5.41, 5.74) is -0.344. The molecule has 1 aromatic heterocycles. The molecule has 0 bridgehead atoms. The molecular weight excluding hydrogens is 427 g/mol. The van der Waals surface area contributed by atoms with Gasteiger partial charge in [0, 0.05) is 12.8 Å². The minimum Gasteiger partial charge on any atom is -0.394 e. The maximum absolute atomic E-state index is 12.8. The SMILES string of the molecule is CN1N=C(SCc2ccc(C(F)(F)F)cc2C#N)Sc2c1cnn(CCO)c2=O. The predicted molar refractivity (Wildman–Crippen MR) is 105 cm³/mol. The van der Waals surface area contributed by atoms with Gasteiger partial charge in [-0.05, 0) is 17.7 Å². The van der Waals surface area contributed by atoms with Crippen molar-refractivity contribution in [2.45, 2.75) is 23.4 Å². The van der Waals surface area contributed by atoms with E-state index in [0.717, 1.165) is 28.6 Å². The molecule has 1 aromatic carbocycles. The van der Waals surface area contributed by atoms with Crippen molar-refractivity contribution in [1.82, 2.24) is 9.78 Å². The van der Waals surface area contributed by atoms with Crippen LogP contribution in [0.1, 0.15) is 16.7 Å². The van der Waals surface area contributed by atoms with Gasteiger partial charge in [-0.2, -0.15) is 28.6 Å². The average molecular weight is 441 g/mol. The minimum atomic E-state index is -4.52. The minimum absolute atomic E-state index is 0.0583. The number of alkyl halides is 3. The standard InChI is InChI=1S/C17H14F3N5O2S2/c1-24-13-8-22-25(4-5-26)15(27)14(13)29-16(23-24)28-9-10-2-3-12(17(18,19)20)6-11(10)7-21/h2-3,6,8,26H,4-5,9H2,1H3. The van der Waals surface area contributed by atoms with E-state index < -0.39 is 11.7 Å². The number of aliphatic hydroxyl groups is 1. The van der Waals surface area contributed by atoms with Gasteiger partial charge >= 0.3 is 6.18 Å². The number of hydrogen-bond acceptors (Lipinski definition) is 8. The Labute approximate surface area is 171 Å². The number of hydrogen-bond donors (Lipinski definition) is 1. The summed E-state index contributed by atoms with van der Waals surface area (Å²) in [4.78, 5) is 12.9. The van der Waals surface area contributed by atoms with E-state index in [1.165, 1.54) is 29.0 Å². The van der Waals surface area contributed by atoms with E-state index in [0.29, 0.717) is 20.5 Å². The fourth-order valence-electron chi connectivity index (χ4n) is 2.51. The molecule has 1 N–H and O–H groups in total. The zero-order chi connectivity index (χ0) is 21.2. The van der Waals surface area contributed by atoms with Crippen molar-refractivity contribution in [1.29, 1.82) is 5.26 Å². The highest BCUT2D eigenvalue weighted by Gasteiger charge is 2.31. The van der Waals surface area contributed by atoms with Crippen LogP contribution in [-0.4, -0.2) is 32.9 Å². The number of nitriles is 1. The summed E-state index contributed by atoms with van der Waals surface area (Å²) in [7, 11) is 1.65. The first kappa shape index (κ1) is 21.2. The van der Waals surface area contributed by atoms with Gasteiger partial charge in [-0.1, -0.05) is 29.6 Å². The van der Waals surface area contributed by atoms with Crippen LogP contribution in [0.2, 0.25) is 0 Å². The van der Waals surface area contributed by atoms with E-state index >= 15 is 0 Å². The second-order valence-corrected chi connectivity index (χ2v) is 8.09. The molecule has 0 saturated heterocycles.